The fourth-order valence-corrected chi connectivity index (χ4v) is 4.64. The fraction of sp³-hybridized carbons (Fsp3) is 0.462. The summed E-state index contributed by atoms with van der Waals surface area (Å²) in [6.45, 7) is 5.78. The Bertz CT molecular complexity index is 895. The Morgan fingerprint density at radius 1 is 0.935 bits per heavy atom. The molecule has 0 spiro atoms. The van der Waals surface area contributed by atoms with E-state index in [0.29, 0.717) is 12.1 Å². The lowest BCUT2D eigenvalue weighted by atomic mass is 9.88. The van der Waals surface area contributed by atoms with Gasteiger partial charge in [0.05, 0.1) is 0 Å². The van der Waals surface area contributed by atoms with Gasteiger partial charge in [-0.25, -0.2) is 0 Å². The van der Waals surface area contributed by atoms with E-state index in [1.807, 2.05) is 29.2 Å². The van der Waals surface area contributed by atoms with Crippen LogP contribution in [0, 0.1) is 12.8 Å². The summed E-state index contributed by atoms with van der Waals surface area (Å²) in [5.74, 6) is 0.432. The Morgan fingerprint density at radius 2 is 1.65 bits per heavy atom. The van der Waals surface area contributed by atoms with Gasteiger partial charge >= 0.3 is 0 Å². The summed E-state index contributed by atoms with van der Waals surface area (Å²) in [4.78, 5) is 29.5. The lowest BCUT2D eigenvalue weighted by Gasteiger charge is -2.36. The average molecular weight is 420 g/mol. The summed E-state index contributed by atoms with van der Waals surface area (Å²) >= 11 is 0. The lowest BCUT2D eigenvalue weighted by Crippen LogP contribution is -2.48. The maximum absolute atomic E-state index is 12.9. The number of benzene rings is 2. The van der Waals surface area contributed by atoms with E-state index in [9.17, 15) is 9.59 Å². The van der Waals surface area contributed by atoms with Crippen LogP contribution in [0.15, 0.2) is 48.5 Å². The van der Waals surface area contributed by atoms with Crippen LogP contribution in [0.5, 0.6) is 0 Å². The second-order valence-electron chi connectivity index (χ2n) is 8.87. The van der Waals surface area contributed by atoms with E-state index in [4.69, 9.17) is 0 Å². The molecule has 2 aromatic carbocycles. The minimum absolute atomic E-state index is 0.0849. The van der Waals surface area contributed by atoms with Crippen LogP contribution in [0.25, 0.3) is 0 Å². The highest BCUT2D eigenvalue weighted by atomic mass is 16.2. The molecule has 0 atom stereocenters. The minimum atomic E-state index is 0.0849. The average Bonchev–Trinajstić information content (AvgIpc) is 2.83. The Hall–Kier alpha value is -2.82. The van der Waals surface area contributed by atoms with Crippen LogP contribution in [0.1, 0.15) is 53.6 Å². The molecule has 0 bridgehead atoms. The normalized spacial score (nSPS) is 17.5. The predicted molar refractivity (Wildman–Crippen MR) is 124 cm³/mol. The molecule has 1 N–H and O–H groups in total. The van der Waals surface area contributed by atoms with Crippen molar-refractivity contribution in [1.82, 2.24) is 10.2 Å². The van der Waals surface area contributed by atoms with Crippen molar-refractivity contribution in [2.75, 3.05) is 31.1 Å². The summed E-state index contributed by atoms with van der Waals surface area (Å²) in [7, 11) is 0. The molecule has 5 nitrogen and oxygen atoms in total. The molecule has 1 saturated heterocycles. The van der Waals surface area contributed by atoms with Gasteiger partial charge in [-0.05, 0) is 55.2 Å². The lowest BCUT2D eigenvalue weighted by molar-refractivity contribution is -0.126. The van der Waals surface area contributed by atoms with Crippen molar-refractivity contribution >= 4 is 17.5 Å². The first-order valence-corrected chi connectivity index (χ1v) is 11.6. The highest BCUT2D eigenvalue weighted by molar-refractivity contribution is 5.94. The first kappa shape index (κ1) is 21.4. The van der Waals surface area contributed by atoms with Gasteiger partial charge in [0, 0.05) is 49.9 Å². The van der Waals surface area contributed by atoms with Gasteiger partial charge in [0.2, 0.25) is 5.91 Å². The molecule has 1 aliphatic heterocycles. The highest BCUT2D eigenvalue weighted by Gasteiger charge is 2.23. The van der Waals surface area contributed by atoms with Crippen LogP contribution in [0.2, 0.25) is 0 Å². The van der Waals surface area contributed by atoms with Gasteiger partial charge in [0.1, 0.15) is 0 Å². The van der Waals surface area contributed by atoms with Crippen molar-refractivity contribution in [3.8, 4) is 0 Å². The summed E-state index contributed by atoms with van der Waals surface area (Å²) < 4.78 is 0. The summed E-state index contributed by atoms with van der Waals surface area (Å²) in [5.41, 5.74) is 4.23. The van der Waals surface area contributed by atoms with Crippen LogP contribution in [-0.4, -0.2) is 42.9 Å². The quantitative estimate of drug-likeness (QED) is 0.792. The number of aryl methyl sites for hydroxylation is 1. The minimum Gasteiger partial charge on any atom is -0.368 e. The van der Waals surface area contributed by atoms with E-state index in [-0.39, 0.29) is 17.7 Å². The van der Waals surface area contributed by atoms with Crippen molar-refractivity contribution in [3.63, 3.8) is 0 Å². The summed E-state index contributed by atoms with van der Waals surface area (Å²) in [5, 5.41) is 3.07. The number of amides is 2. The molecule has 0 unspecified atom stereocenters. The second-order valence-corrected chi connectivity index (χ2v) is 8.87. The van der Waals surface area contributed by atoms with E-state index < -0.39 is 0 Å². The number of carbonyl (C=O) groups excluding carboxylic acids is 2. The van der Waals surface area contributed by atoms with Gasteiger partial charge in [-0.2, -0.15) is 0 Å². The molecule has 0 radical (unpaired) electrons. The maximum Gasteiger partial charge on any atom is 0.253 e. The second kappa shape index (κ2) is 9.99. The number of nitrogens with one attached hydrogen (secondary N) is 1. The van der Waals surface area contributed by atoms with E-state index in [2.05, 4.69) is 41.4 Å². The number of nitrogens with zero attached hydrogens (tertiary/aromatic N) is 2. The zero-order chi connectivity index (χ0) is 21.6. The standard InChI is InChI=1S/C26H33N3O2/c1-20-6-5-9-24(18-20)28-14-16-29(17-15-28)26(31)23-12-10-21(11-13-23)19-27-25(30)22-7-3-2-4-8-22/h5-6,9-13,18,22H,2-4,7-8,14-17,19H2,1H3,(H,27,30). The van der Waals surface area contributed by atoms with Crippen molar-refractivity contribution in [1.29, 1.82) is 0 Å². The van der Waals surface area contributed by atoms with Crippen molar-refractivity contribution in [2.24, 2.45) is 5.92 Å². The largest absolute Gasteiger partial charge is 0.368 e. The Kier molecular flexibility index (Phi) is 6.90. The molecule has 2 fully saturated rings. The smallest absolute Gasteiger partial charge is 0.253 e. The van der Waals surface area contributed by atoms with Crippen LogP contribution in [-0.2, 0) is 11.3 Å². The molecule has 1 heterocycles. The number of rotatable bonds is 5. The molecule has 164 valence electrons. The molecular weight excluding hydrogens is 386 g/mol. The van der Waals surface area contributed by atoms with Gasteiger partial charge in [-0.15, -0.1) is 0 Å². The zero-order valence-corrected chi connectivity index (χ0v) is 18.5. The number of hydrogen-bond donors (Lipinski definition) is 1. The first-order chi connectivity index (χ1) is 15.1. The first-order valence-electron chi connectivity index (χ1n) is 11.6. The zero-order valence-electron chi connectivity index (χ0n) is 18.5. The number of carbonyl (C=O) groups is 2. The number of piperazine rings is 1. The van der Waals surface area contributed by atoms with Crippen molar-refractivity contribution < 1.29 is 9.59 Å². The van der Waals surface area contributed by atoms with Gasteiger partial charge in [0.25, 0.3) is 5.91 Å². The molecule has 31 heavy (non-hydrogen) atoms. The van der Waals surface area contributed by atoms with Gasteiger partial charge in [0.15, 0.2) is 0 Å². The number of hydrogen-bond acceptors (Lipinski definition) is 3. The van der Waals surface area contributed by atoms with Gasteiger partial charge < -0.3 is 15.1 Å². The van der Waals surface area contributed by atoms with Crippen molar-refractivity contribution in [3.05, 3.63) is 65.2 Å². The highest BCUT2D eigenvalue weighted by Crippen LogP contribution is 2.24. The predicted octanol–water partition coefficient (Wildman–Crippen LogP) is 4.15. The van der Waals surface area contributed by atoms with Crippen LogP contribution < -0.4 is 10.2 Å². The van der Waals surface area contributed by atoms with E-state index >= 15 is 0 Å². The molecule has 4 rings (SSSR count). The van der Waals surface area contributed by atoms with Crippen LogP contribution >= 0.6 is 0 Å². The molecule has 2 aromatic rings. The fourth-order valence-electron chi connectivity index (χ4n) is 4.64. The SMILES string of the molecule is Cc1cccc(N2CCN(C(=O)c3ccc(CNC(=O)C4CCCCC4)cc3)CC2)c1. The molecule has 1 saturated carbocycles. The van der Waals surface area contributed by atoms with E-state index in [0.717, 1.165) is 57.4 Å². The summed E-state index contributed by atoms with van der Waals surface area (Å²) in [6.07, 6.45) is 5.59. The molecule has 1 aliphatic carbocycles. The van der Waals surface area contributed by atoms with Crippen molar-refractivity contribution in [2.45, 2.75) is 45.6 Å². The summed E-state index contributed by atoms with van der Waals surface area (Å²) in [6, 6.07) is 16.2. The van der Waals surface area contributed by atoms with Gasteiger partial charge in [-0.1, -0.05) is 43.5 Å². The Labute approximate surface area is 185 Å². The maximum atomic E-state index is 12.9. The van der Waals surface area contributed by atoms with E-state index in [1.54, 1.807) is 0 Å². The Morgan fingerprint density at radius 3 is 2.32 bits per heavy atom. The third kappa shape index (κ3) is 5.46. The Balaban J connectivity index is 1.27. The third-order valence-corrected chi connectivity index (χ3v) is 6.58. The third-order valence-electron chi connectivity index (χ3n) is 6.58. The van der Waals surface area contributed by atoms with Crippen LogP contribution in [0.3, 0.4) is 0 Å². The molecule has 5 heteroatoms. The van der Waals surface area contributed by atoms with Gasteiger partial charge in [-0.3, -0.25) is 9.59 Å². The molecule has 2 aliphatic rings. The van der Waals surface area contributed by atoms with Crippen LogP contribution in [0.4, 0.5) is 5.69 Å². The number of anilines is 1. The molecule has 2 amide bonds. The van der Waals surface area contributed by atoms with E-state index in [1.165, 1.54) is 17.7 Å². The molecule has 0 aromatic heterocycles. The molecular formula is C26H33N3O2. The topological polar surface area (TPSA) is 52.6 Å². The monoisotopic (exact) mass is 419 g/mol.